The number of aromatic nitrogens is 3. The summed E-state index contributed by atoms with van der Waals surface area (Å²) in [5, 5.41) is 13.0. The van der Waals surface area contributed by atoms with E-state index in [1.807, 2.05) is 54.6 Å². The van der Waals surface area contributed by atoms with Crippen molar-refractivity contribution in [3.05, 3.63) is 65.7 Å². The average molecular weight is 478 g/mol. The number of anilines is 2. The third-order valence-corrected chi connectivity index (χ3v) is 7.40. The van der Waals surface area contributed by atoms with Gasteiger partial charge in [0.05, 0.1) is 12.6 Å². The number of ether oxygens (including phenoxy) is 1. The van der Waals surface area contributed by atoms with Crippen LogP contribution in [0.4, 0.5) is 11.6 Å². The van der Waals surface area contributed by atoms with Gasteiger partial charge in [0, 0.05) is 36.7 Å². The highest BCUT2D eigenvalue weighted by Crippen LogP contribution is 2.29. The topological polar surface area (TPSA) is 72.3 Å². The quantitative estimate of drug-likeness (QED) is 0.461. The molecule has 3 heterocycles. The van der Waals surface area contributed by atoms with Gasteiger partial charge in [-0.15, -0.1) is 10.2 Å². The van der Waals surface area contributed by atoms with Crippen LogP contribution in [0.25, 0.3) is 0 Å². The smallest absolute Gasteiger partial charge is 0.255 e. The Morgan fingerprint density at radius 3 is 2.53 bits per heavy atom. The first-order chi connectivity index (χ1) is 16.8. The minimum atomic E-state index is -0.104. The average Bonchev–Trinajstić information content (AvgIpc) is 3.55. The van der Waals surface area contributed by atoms with Gasteiger partial charge in [-0.2, -0.15) is 0 Å². The first-order valence-electron chi connectivity index (χ1n) is 12.1. The van der Waals surface area contributed by atoms with Crippen LogP contribution in [0.5, 0.6) is 0 Å². The normalized spacial score (nSPS) is 18.2. The van der Waals surface area contributed by atoms with Gasteiger partial charge in [0.2, 0.25) is 5.95 Å². The van der Waals surface area contributed by atoms with Crippen molar-refractivity contribution < 1.29 is 9.53 Å². The summed E-state index contributed by atoms with van der Waals surface area (Å²) in [6.07, 6.45) is 6.16. The number of nitrogens with zero attached hydrogens (tertiary/aromatic N) is 4. The highest BCUT2D eigenvalue weighted by atomic mass is 32.2. The molecule has 0 radical (unpaired) electrons. The summed E-state index contributed by atoms with van der Waals surface area (Å²) in [5.74, 6) is 1.64. The molecule has 34 heavy (non-hydrogen) atoms. The maximum absolute atomic E-state index is 12.5. The van der Waals surface area contributed by atoms with E-state index in [4.69, 9.17) is 4.74 Å². The molecular formula is C26H31N5O2S. The standard InChI is InChI=1S/C26H31N5O2S/c32-24(27-22-8-3-1-4-9-22)21-13-11-20(12-14-21)19-34-26-29-28-25(30-15-5-2-6-16-30)31(26)18-23-10-7-17-33-23/h1,3-4,8-9,11-14,23H,2,5-7,10,15-19H2,(H,27,32). The van der Waals surface area contributed by atoms with Gasteiger partial charge in [-0.25, -0.2) is 0 Å². The van der Waals surface area contributed by atoms with Gasteiger partial charge in [-0.05, 0) is 61.9 Å². The summed E-state index contributed by atoms with van der Waals surface area (Å²) in [7, 11) is 0. The molecule has 2 aliphatic heterocycles. The maximum atomic E-state index is 12.5. The number of carbonyl (C=O) groups excluding carboxylic acids is 1. The second-order valence-corrected chi connectivity index (χ2v) is 9.82. The summed E-state index contributed by atoms with van der Waals surface area (Å²) in [4.78, 5) is 14.9. The van der Waals surface area contributed by atoms with E-state index in [1.165, 1.54) is 19.3 Å². The van der Waals surface area contributed by atoms with E-state index in [2.05, 4.69) is 25.0 Å². The van der Waals surface area contributed by atoms with Gasteiger partial charge in [0.15, 0.2) is 5.16 Å². The van der Waals surface area contributed by atoms with Gasteiger partial charge in [0.25, 0.3) is 5.91 Å². The van der Waals surface area contributed by atoms with Crippen molar-refractivity contribution in [1.82, 2.24) is 14.8 Å². The Labute approximate surface area is 204 Å². The van der Waals surface area contributed by atoms with Crippen LogP contribution in [0, 0.1) is 0 Å². The number of nitrogens with one attached hydrogen (secondary N) is 1. The number of carbonyl (C=O) groups is 1. The number of benzene rings is 2. The lowest BCUT2D eigenvalue weighted by atomic mass is 10.1. The van der Waals surface area contributed by atoms with Gasteiger partial charge in [-0.3, -0.25) is 9.36 Å². The fraction of sp³-hybridized carbons (Fsp3) is 0.423. The minimum absolute atomic E-state index is 0.104. The first-order valence-corrected chi connectivity index (χ1v) is 13.1. The molecule has 0 aliphatic carbocycles. The second kappa shape index (κ2) is 11.1. The number of para-hydroxylation sites is 1. The second-order valence-electron chi connectivity index (χ2n) is 8.88. The molecular weight excluding hydrogens is 446 g/mol. The monoisotopic (exact) mass is 477 g/mol. The number of piperidine rings is 1. The molecule has 2 saturated heterocycles. The van der Waals surface area contributed by atoms with Crippen molar-refractivity contribution in [2.45, 2.75) is 55.7 Å². The molecule has 1 atom stereocenters. The zero-order chi connectivity index (χ0) is 23.2. The number of amides is 1. The Morgan fingerprint density at radius 2 is 1.79 bits per heavy atom. The van der Waals surface area contributed by atoms with E-state index in [0.29, 0.717) is 5.56 Å². The Morgan fingerprint density at radius 1 is 1.00 bits per heavy atom. The minimum Gasteiger partial charge on any atom is -0.376 e. The van der Waals surface area contributed by atoms with Crippen molar-refractivity contribution in [3.63, 3.8) is 0 Å². The summed E-state index contributed by atoms with van der Waals surface area (Å²) in [6, 6.07) is 17.3. The lowest BCUT2D eigenvalue weighted by Gasteiger charge is -2.28. The molecule has 3 aromatic rings. The van der Waals surface area contributed by atoms with Gasteiger partial charge in [-0.1, -0.05) is 42.1 Å². The van der Waals surface area contributed by atoms with E-state index in [0.717, 1.165) is 67.2 Å². The van der Waals surface area contributed by atoms with Gasteiger partial charge >= 0.3 is 0 Å². The molecule has 0 saturated carbocycles. The molecule has 0 bridgehead atoms. The molecule has 1 amide bonds. The third kappa shape index (κ3) is 5.62. The van der Waals surface area contributed by atoms with E-state index >= 15 is 0 Å². The van der Waals surface area contributed by atoms with Gasteiger partial charge in [0.1, 0.15) is 0 Å². The molecule has 1 aromatic heterocycles. The van der Waals surface area contributed by atoms with Crippen molar-refractivity contribution in [2.75, 3.05) is 29.9 Å². The lowest BCUT2D eigenvalue weighted by molar-refractivity contribution is 0.0951. The Kier molecular flexibility index (Phi) is 7.46. The van der Waals surface area contributed by atoms with Crippen LogP contribution in [0.2, 0.25) is 0 Å². The summed E-state index contributed by atoms with van der Waals surface area (Å²) in [5.41, 5.74) is 2.58. The van der Waals surface area contributed by atoms with Crippen LogP contribution in [0.3, 0.4) is 0 Å². The SMILES string of the molecule is O=C(Nc1ccccc1)c1ccc(CSc2nnc(N3CCCCC3)n2CC2CCCO2)cc1. The van der Waals surface area contributed by atoms with Crippen molar-refractivity contribution in [1.29, 1.82) is 0 Å². The van der Waals surface area contributed by atoms with Crippen molar-refractivity contribution in [2.24, 2.45) is 0 Å². The fourth-order valence-electron chi connectivity index (χ4n) is 4.49. The highest BCUT2D eigenvalue weighted by molar-refractivity contribution is 7.98. The molecule has 2 aromatic carbocycles. The molecule has 1 unspecified atom stereocenters. The number of hydrogen-bond acceptors (Lipinski definition) is 6. The number of thioether (sulfide) groups is 1. The molecule has 2 fully saturated rings. The van der Waals surface area contributed by atoms with Crippen molar-refractivity contribution >= 4 is 29.3 Å². The lowest BCUT2D eigenvalue weighted by Crippen LogP contribution is -2.33. The third-order valence-electron chi connectivity index (χ3n) is 6.36. The Balaban J connectivity index is 1.25. The molecule has 1 N–H and O–H groups in total. The first kappa shape index (κ1) is 22.9. The van der Waals surface area contributed by atoms with Crippen LogP contribution >= 0.6 is 11.8 Å². The molecule has 178 valence electrons. The molecule has 7 nitrogen and oxygen atoms in total. The van der Waals surface area contributed by atoms with Gasteiger partial charge < -0.3 is 15.0 Å². The highest BCUT2D eigenvalue weighted by Gasteiger charge is 2.24. The maximum Gasteiger partial charge on any atom is 0.255 e. The van der Waals surface area contributed by atoms with Crippen LogP contribution in [0.1, 0.15) is 48.0 Å². The predicted octanol–water partition coefficient (Wildman–Crippen LogP) is 4.99. The Bertz CT molecular complexity index is 1070. The number of rotatable bonds is 8. The van der Waals surface area contributed by atoms with E-state index in [1.54, 1.807) is 11.8 Å². The largest absolute Gasteiger partial charge is 0.376 e. The van der Waals surface area contributed by atoms with Crippen LogP contribution < -0.4 is 10.2 Å². The molecule has 5 rings (SSSR count). The Hall–Kier alpha value is -2.84. The van der Waals surface area contributed by atoms with Crippen molar-refractivity contribution in [3.8, 4) is 0 Å². The summed E-state index contributed by atoms with van der Waals surface area (Å²) >= 11 is 1.69. The molecule has 0 spiro atoms. The van der Waals surface area contributed by atoms with E-state index in [-0.39, 0.29) is 12.0 Å². The number of hydrogen-bond donors (Lipinski definition) is 1. The zero-order valence-corrected chi connectivity index (χ0v) is 20.2. The van der Waals surface area contributed by atoms with E-state index < -0.39 is 0 Å². The summed E-state index contributed by atoms with van der Waals surface area (Å²) in [6.45, 7) is 3.74. The predicted molar refractivity (Wildman–Crippen MR) is 135 cm³/mol. The van der Waals surface area contributed by atoms with Crippen LogP contribution in [0.15, 0.2) is 59.8 Å². The fourth-order valence-corrected chi connectivity index (χ4v) is 5.39. The molecule has 2 aliphatic rings. The van der Waals surface area contributed by atoms with E-state index in [9.17, 15) is 4.79 Å². The van der Waals surface area contributed by atoms with Crippen LogP contribution in [-0.4, -0.2) is 46.5 Å². The molecule has 8 heteroatoms. The summed E-state index contributed by atoms with van der Waals surface area (Å²) < 4.78 is 8.18. The van der Waals surface area contributed by atoms with Crippen LogP contribution in [-0.2, 0) is 17.0 Å². The zero-order valence-electron chi connectivity index (χ0n) is 19.4.